The molecule has 30 heavy (non-hydrogen) atoms. The van der Waals surface area contributed by atoms with Crippen molar-refractivity contribution in [3.8, 4) is 0 Å². The molecule has 0 aromatic heterocycles. The molecular formula is C27H32O2Si. The molecule has 2 nitrogen and oxygen atoms in total. The smallest absolute Gasteiger partial charge is 0.268 e. The van der Waals surface area contributed by atoms with Crippen molar-refractivity contribution in [2.45, 2.75) is 33.6 Å². The second-order valence-corrected chi connectivity index (χ2v) is 9.13. The van der Waals surface area contributed by atoms with E-state index in [4.69, 9.17) is 9.16 Å². The summed E-state index contributed by atoms with van der Waals surface area (Å²) in [5.41, 5.74) is 5.19. The standard InChI is InChI=1S/C27H32O2Si/c1-4-28-20-27(18-24-13-7-5-8-14-24,19-25-15-9-6-10-16-25)21-29-30-26-17-11-12-22(2)23(26)3/h5-17H,4,18-21H2,1-3H3. The average molecular weight is 417 g/mol. The summed E-state index contributed by atoms with van der Waals surface area (Å²) in [5, 5.41) is 1.29. The number of rotatable bonds is 11. The lowest BCUT2D eigenvalue weighted by Crippen LogP contribution is -2.39. The van der Waals surface area contributed by atoms with Gasteiger partial charge < -0.3 is 9.16 Å². The van der Waals surface area contributed by atoms with Gasteiger partial charge in [0.15, 0.2) is 0 Å². The summed E-state index contributed by atoms with van der Waals surface area (Å²) < 4.78 is 12.4. The quantitative estimate of drug-likeness (QED) is 0.406. The minimum Gasteiger partial charge on any atom is -0.411 e. The molecule has 0 amide bonds. The Balaban J connectivity index is 1.82. The van der Waals surface area contributed by atoms with E-state index in [0.717, 1.165) is 12.8 Å². The summed E-state index contributed by atoms with van der Waals surface area (Å²) in [6.45, 7) is 8.47. The summed E-state index contributed by atoms with van der Waals surface area (Å²) in [6, 6.07) is 27.9. The van der Waals surface area contributed by atoms with Gasteiger partial charge in [-0.15, -0.1) is 0 Å². The monoisotopic (exact) mass is 416 g/mol. The van der Waals surface area contributed by atoms with E-state index >= 15 is 0 Å². The van der Waals surface area contributed by atoms with Gasteiger partial charge in [-0.3, -0.25) is 0 Å². The highest BCUT2D eigenvalue weighted by Crippen LogP contribution is 2.29. The molecular weight excluding hydrogens is 384 g/mol. The van der Waals surface area contributed by atoms with Crippen molar-refractivity contribution in [1.82, 2.24) is 0 Å². The summed E-state index contributed by atoms with van der Waals surface area (Å²) in [4.78, 5) is 0. The Hall–Kier alpha value is -2.20. The molecule has 0 aliphatic carbocycles. The van der Waals surface area contributed by atoms with Crippen LogP contribution in [-0.2, 0) is 22.0 Å². The van der Waals surface area contributed by atoms with Crippen molar-refractivity contribution >= 4 is 14.9 Å². The van der Waals surface area contributed by atoms with E-state index in [9.17, 15) is 0 Å². The highest BCUT2D eigenvalue weighted by Gasteiger charge is 2.32. The van der Waals surface area contributed by atoms with Gasteiger partial charge in [0.25, 0.3) is 9.76 Å². The van der Waals surface area contributed by atoms with Crippen molar-refractivity contribution < 1.29 is 9.16 Å². The van der Waals surface area contributed by atoms with Crippen LogP contribution in [0.2, 0.25) is 0 Å². The van der Waals surface area contributed by atoms with Crippen LogP contribution in [0.25, 0.3) is 0 Å². The molecule has 0 fully saturated rings. The molecule has 0 atom stereocenters. The van der Waals surface area contributed by atoms with Crippen LogP contribution in [0, 0.1) is 19.3 Å². The van der Waals surface area contributed by atoms with Crippen molar-refractivity contribution in [3.63, 3.8) is 0 Å². The Bertz CT molecular complexity index is 852. The van der Waals surface area contributed by atoms with Crippen LogP contribution >= 0.6 is 0 Å². The van der Waals surface area contributed by atoms with E-state index in [2.05, 4.69) is 99.6 Å². The van der Waals surface area contributed by atoms with Crippen LogP contribution < -0.4 is 5.19 Å². The number of hydrogen-bond acceptors (Lipinski definition) is 2. The first kappa shape index (κ1) is 22.5. The van der Waals surface area contributed by atoms with Gasteiger partial charge in [0.05, 0.1) is 6.61 Å². The molecule has 0 saturated carbocycles. The minimum absolute atomic E-state index is 0.108. The van der Waals surface area contributed by atoms with Crippen molar-refractivity contribution in [2.75, 3.05) is 19.8 Å². The first-order valence-electron chi connectivity index (χ1n) is 10.7. The third-order valence-corrected chi connectivity index (χ3v) is 6.67. The molecule has 3 rings (SSSR count). The molecule has 3 aromatic rings. The molecule has 2 radical (unpaired) electrons. The van der Waals surface area contributed by atoms with Gasteiger partial charge in [-0.25, -0.2) is 0 Å². The normalized spacial score (nSPS) is 11.6. The fraction of sp³-hybridized carbons (Fsp3) is 0.333. The maximum absolute atomic E-state index is 6.41. The highest BCUT2D eigenvalue weighted by atomic mass is 28.2. The summed E-state index contributed by atoms with van der Waals surface area (Å²) >= 11 is 0. The van der Waals surface area contributed by atoms with Gasteiger partial charge in [0, 0.05) is 18.6 Å². The molecule has 0 N–H and O–H groups in total. The molecule has 0 aliphatic heterocycles. The number of ether oxygens (including phenoxy) is 1. The average Bonchev–Trinajstić information content (AvgIpc) is 2.77. The Labute approximate surface area is 184 Å². The van der Waals surface area contributed by atoms with Gasteiger partial charge in [0.1, 0.15) is 0 Å². The number of benzene rings is 3. The fourth-order valence-corrected chi connectivity index (χ4v) is 4.86. The molecule has 3 heteroatoms. The lowest BCUT2D eigenvalue weighted by molar-refractivity contribution is 0.0194. The Morgan fingerprint density at radius 3 is 1.90 bits per heavy atom. The largest absolute Gasteiger partial charge is 0.411 e. The van der Waals surface area contributed by atoms with E-state index < -0.39 is 0 Å². The third-order valence-electron chi connectivity index (χ3n) is 5.62. The van der Waals surface area contributed by atoms with Gasteiger partial charge >= 0.3 is 0 Å². The Kier molecular flexibility index (Phi) is 8.44. The second kappa shape index (κ2) is 11.3. The zero-order valence-electron chi connectivity index (χ0n) is 18.4. The van der Waals surface area contributed by atoms with Crippen molar-refractivity contribution in [2.24, 2.45) is 5.41 Å². The Morgan fingerprint density at radius 1 is 0.733 bits per heavy atom. The molecule has 3 aromatic carbocycles. The Morgan fingerprint density at radius 2 is 1.33 bits per heavy atom. The van der Waals surface area contributed by atoms with Gasteiger partial charge in [-0.1, -0.05) is 78.9 Å². The van der Waals surface area contributed by atoms with Crippen LogP contribution in [-0.4, -0.2) is 29.6 Å². The van der Waals surface area contributed by atoms with Crippen molar-refractivity contribution in [1.29, 1.82) is 0 Å². The summed E-state index contributed by atoms with van der Waals surface area (Å²) in [5.74, 6) is 0. The van der Waals surface area contributed by atoms with Gasteiger partial charge in [-0.2, -0.15) is 0 Å². The van der Waals surface area contributed by atoms with Crippen LogP contribution in [0.5, 0.6) is 0 Å². The molecule has 0 aliphatic rings. The SMILES string of the molecule is CCOCC(CO[Si]c1cccc(C)c1C)(Cc1ccccc1)Cc1ccccc1. The van der Waals surface area contributed by atoms with E-state index in [-0.39, 0.29) is 5.41 Å². The zero-order valence-corrected chi connectivity index (χ0v) is 19.4. The topological polar surface area (TPSA) is 18.5 Å². The molecule has 0 unspecified atom stereocenters. The van der Waals surface area contributed by atoms with Crippen LogP contribution in [0.3, 0.4) is 0 Å². The van der Waals surface area contributed by atoms with Crippen LogP contribution in [0.1, 0.15) is 29.2 Å². The molecule has 0 bridgehead atoms. The van der Waals surface area contributed by atoms with E-state index in [0.29, 0.717) is 29.6 Å². The molecule has 0 spiro atoms. The maximum atomic E-state index is 6.41. The predicted octanol–water partition coefficient (Wildman–Crippen LogP) is 5.07. The lowest BCUT2D eigenvalue weighted by atomic mass is 9.78. The van der Waals surface area contributed by atoms with Gasteiger partial charge in [-0.05, 0) is 61.1 Å². The number of hydrogen-bond donors (Lipinski definition) is 0. The summed E-state index contributed by atoms with van der Waals surface area (Å²) in [6.07, 6.45) is 1.86. The molecule has 0 heterocycles. The van der Waals surface area contributed by atoms with Crippen LogP contribution in [0.15, 0.2) is 78.9 Å². The van der Waals surface area contributed by atoms with E-state index in [1.54, 1.807) is 0 Å². The van der Waals surface area contributed by atoms with Crippen molar-refractivity contribution in [3.05, 3.63) is 101 Å². The lowest BCUT2D eigenvalue weighted by Gasteiger charge is -2.34. The first-order valence-corrected chi connectivity index (χ1v) is 11.6. The fourth-order valence-electron chi connectivity index (χ4n) is 3.81. The number of aryl methyl sites for hydroxylation is 1. The van der Waals surface area contributed by atoms with Crippen LogP contribution in [0.4, 0.5) is 0 Å². The zero-order chi connectivity index (χ0) is 21.2. The third kappa shape index (κ3) is 6.40. The molecule has 0 saturated heterocycles. The molecule has 156 valence electrons. The highest BCUT2D eigenvalue weighted by molar-refractivity contribution is 6.47. The minimum atomic E-state index is -0.108. The van der Waals surface area contributed by atoms with E-state index in [1.165, 1.54) is 27.4 Å². The summed E-state index contributed by atoms with van der Waals surface area (Å²) in [7, 11) is 0.344. The maximum Gasteiger partial charge on any atom is 0.268 e. The predicted molar refractivity (Wildman–Crippen MR) is 126 cm³/mol. The van der Waals surface area contributed by atoms with Gasteiger partial charge in [0.2, 0.25) is 0 Å². The second-order valence-electron chi connectivity index (χ2n) is 8.10. The van der Waals surface area contributed by atoms with E-state index in [1.807, 2.05) is 0 Å². The first-order chi connectivity index (χ1) is 14.6.